The molecule has 0 N–H and O–H groups in total. The van der Waals surface area contributed by atoms with Gasteiger partial charge in [-0.3, -0.25) is 4.79 Å². The molecule has 20 heavy (non-hydrogen) atoms. The molecule has 0 aromatic carbocycles. The van der Waals surface area contributed by atoms with Crippen LogP contribution in [0, 0.1) is 5.92 Å². The van der Waals surface area contributed by atoms with Crippen molar-refractivity contribution in [2.24, 2.45) is 5.92 Å². The van der Waals surface area contributed by atoms with Gasteiger partial charge in [-0.25, -0.2) is 0 Å². The van der Waals surface area contributed by atoms with E-state index in [-0.39, 0.29) is 5.97 Å². The summed E-state index contributed by atoms with van der Waals surface area (Å²) in [5, 5.41) is 0. The fourth-order valence-corrected chi connectivity index (χ4v) is 2.69. The van der Waals surface area contributed by atoms with Crippen LogP contribution in [0.15, 0.2) is 0 Å². The van der Waals surface area contributed by atoms with Crippen LogP contribution >= 0.6 is 0 Å². The van der Waals surface area contributed by atoms with E-state index >= 15 is 0 Å². The van der Waals surface area contributed by atoms with Crippen LogP contribution in [-0.4, -0.2) is 36.6 Å². The van der Waals surface area contributed by atoms with Crippen LogP contribution in [0.25, 0.3) is 0 Å². The molecule has 0 aromatic heterocycles. The van der Waals surface area contributed by atoms with Crippen molar-refractivity contribution >= 4 is 5.97 Å². The first kappa shape index (κ1) is 19.4. The zero-order valence-corrected chi connectivity index (χ0v) is 14.3. The van der Waals surface area contributed by atoms with Crippen molar-refractivity contribution < 1.29 is 9.53 Å². The van der Waals surface area contributed by atoms with Crippen LogP contribution < -0.4 is 0 Å². The van der Waals surface area contributed by atoms with E-state index in [0.29, 0.717) is 19.1 Å². The van der Waals surface area contributed by atoms with E-state index in [1.54, 1.807) is 0 Å². The highest BCUT2D eigenvalue weighted by atomic mass is 16.5. The second-order valence-electron chi connectivity index (χ2n) is 5.97. The summed E-state index contributed by atoms with van der Waals surface area (Å²) in [6.45, 7) is 13.8. The summed E-state index contributed by atoms with van der Waals surface area (Å²) in [5.41, 5.74) is 0. The normalized spacial score (nSPS) is 11.6. The predicted molar refractivity (Wildman–Crippen MR) is 85.9 cm³/mol. The Balaban J connectivity index is 3.92. The first-order chi connectivity index (χ1) is 9.54. The Bertz CT molecular complexity index is 237. The maximum absolute atomic E-state index is 11.3. The minimum Gasteiger partial charge on any atom is -0.466 e. The van der Waals surface area contributed by atoms with Gasteiger partial charge < -0.3 is 9.64 Å². The summed E-state index contributed by atoms with van der Waals surface area (Å²) in [5.74, 6) is 0.668. The van der Waals surface area contributed by atoms with E-state index < -0.39 is 0 Å². The fraction of sp³-hybridized carbons (Fsp3) is 0.941. The maximum Gasteiger partial charge on any atom is 0.305 e. The molecule has 3 nitrogen and oxygen atoms in total. The number of hydrogen-bond donors (Lipinski definition) is 0. The quantitative estimate of drug-likeness (QED) is 0.396. The zero-order valence-electron chi connectivity index (χ0n) is 14.3. The second kappa shape index (κ2) is 12.2. The topological polar surface area (TPSA) is 29.5 Å². The van der Waals surface area contributed by atoms with Gasteiger partial charge in [-0.15, -0.1) is 0 Å². The molecular formula is C17H35NO2. The SMILES string of the molecule is CCOC(=O)CCCCCN(CC(C)C)C(CC)CC. The van der Waals surface area contributed by atoms with Crippen LogP contribution in [0.1, 0.15) is 73.1 Å². The molecule has 0 rings (SSSR count). The van der Waals surface area contributed by atoms with Crippen LogP contribution in [-0.2, 0) is 9.53 Å². The molecule has 120 valence electrons. The van der Waals surface area contributed by atoms with E-state index in [4.69, 9.17) is 4.74 Å². The first-order valence-corrected chi connectivity index (χ1v) is 8.44. The van der Waals surface area contributed by atoms with E-state index in [1.807, 2.05) is 6.92 Å². The Morgan fingerprint density at radius 1 is 1.05 bits per heavy atom. The third-order valence-corrected chi connectivity index (χ3v) is 3.69. The Labute approximate surface area is 126 Å². The molecule has 0 fully saturated rings. The third-order valence-electron chi connectivity index (χ3n) is 3.69. The van der Waals surface area contributed by atoms with Crippen molar-refractivity contribution in [3.05, 3.63) is 0 Å². The van der Waals surface area contributed by atoms with E-state index in [1.165, 1.54) is 25.8 Å². The largest absolute Gasteiger partial charge is 0.466 e. The van der Waals surface area contributed by atoms with Gasteiger partial charge in [-0.1, -0.05) is 34.1 Å². The molecule has 0 bridgehead atoms. The van der Waals surface area contributed by atoms with Gasteiger partial charge in [0.1, 0.15) is 0 Å². The van der Waals surface area contributed by atoms with Crippen molar-refractivity contribution in [1.29, 1.82) is 0 Å². The Morgan fingerprint density at radius 3 is 2.20 bits per heavy atom. The van der Waals surface area contributed by atoms with Gasteiger partial charge in [0.15, 0.2) is 0 Å². The van der Waals surface area contributed by atoms with Crippen molar-refractivity contribution in [1.82, 2.24) is 4.90 Å². The van der Waals surface area contributed by atoms with Crippen molar-refractivity contribution in [2.45, 2.75) is 79.2 Å². The lowest BCUT2D eigenvalue weighted by Gasteiger charge is -2.32. The van der Waals surface area contributed by atoms with Crippen LogP contribution in [0.5, 0.6) is 0 Å². The lowest BCUT2D eigenvalue weighted by atomic mass is 10.1. The highest BCUT2D eigenvalue weighted by Crippen LogP contribution is 2.13. The summed E-state index contributed by atoms with van der Waals surface area (Å²) in [7, 11) is 0. The molecule has 0 saturated carbocycles. The number of hydrogen-bond acceptors (Lipinski definition) is 3. The Kier molecular flexibility index (Phi) is 11.8. The average Bonchev–Trinajstić information content (AvgIpc) is 2.39. The van der Waals surface area contributed by atoms with E-state index in [2.05, 4.69) is 32.6 Å². The van der Waals surface area contributed by atoms with E-state index in [0.717, 1.165) is 25.3 Å². The van der Waals surface area contributed by atoms with Crippen LogP contribution in [0.4, 0.5) is 0 Å². The number of esters is 1. The molecule has 0 spiro atoms. The molecule has 0 aliphatic heterocycles. The number of nitrogens with zero attached hydrogens (tertiary/aromatic N) is 1. The molecule has 0 aliphatic rings. The predicted octanol–water partition coefficient (Wildman–Crippen LogP) is 4.26. The van der Waals surface area contributed by atoms with Gasteiger partial charge in [0.05, 0.1) is 6.61 Å². The fourth-order valence-electron chi connectivity index (χ4n) is 2.69. The summed E-state index contributed by atoms with van der Waals surface area (Å²) in [6, 6.07) is 0.711. The van der Waals surface area contributed by atoms with Gasteiger partial charge in [0.25, 0.3) is 0 Å². The molecule has 0 amide bonds. The van der Waals surface area contributed by atoms with Crippen LogP contribution in [0.2, 0.25) is 0 Å². The van der Waals surface area contributed by atoms with Crippen molar-refractivity contribution in [2.75, 3.05) is 19.7 Å². The highest BCUT2D eigenvalue weighted by molar-refractivity contribution is 5.69. The zero-order chi connectivity index (χ0) is 15.4. The van der Waals surface area contributed by atoms with Gasteiger partial charge in [-0.05, 0) is 45.1 Å². The Hall–Kier alpha value is -0.570. The smallest absolute Gasteiger partial charge is 0.305 e. The number of carbonyl (C=O) groups excluding carboxylic acids is 1. The summed E-state index contributed by atoms with van der Waals surface area (Å²) in [4.78, 5) is 13.9. The molecular weight excluding hydrogens is 250 g/mol. The van der Waals surface area contributed by atoms with Crippen LogP contribution in [0.3, 0.4) is 0 Å². The monoisotopic (exact) mass is 285 g/mol. The molecule has 0 unspecified atom stereocenters. The maximum atomic E-state index is 11.3. The number of ether oxygens (including phenoxy) is 1. The molecule has 0 atom stereocenters. The molecule has 0 heterocycles. The van der Waals surface area contributed by atoms with Gasteiger partial charge in [0, 0.05) is 19.0 Å². The molecule has 0 radical (unpaired) electrons. The van der Waals surface area contributed by atoms with E-state index in [9.17, 15) is 4.79 Å². The molecule has 0 aromatic rings. The minimum absolute atomic E-state index is 0.0495. The summed E-state index contributed by atoms with van der Waals surface area (Å²) >= 11 is 0. The van der Waals surface area contributed by atoms with Crippen molar-refractivity contribution in [3.63, 3.8) is 0 Å². The molecule has 0 aliphatic carbocycles. The number of unbranched alkanes of at least 4 members (excludes halogenated alkanes) is 2. The van der Waals surface area contributed by atoms with Gasteiger partial charge >= 0.3 is 5.97 Å². The summed E-state index contributed by atoms with van der Waals surface area (Å²) in [6.07, 6.45) is 6.29. The summed E-state index contributed by atoms with van der Waals surface area (Å²) < 4.78 is 4.95. The Morgan fingerprint density at radius 2 is 1.70 bits per heavy atom. The lowest BCUT2D eigenvalue weighted by molar-refractivity contribution is -0.143. The minimum atomic E-state index is -0.0495. The third kappa shape index (κ3) is 9.35. The molecule has 3 heteroatoms. The molecule has 0 saturated heterocycles. The van der Waals surface area contributed by atoms with Gasteiger partial charge in [0.2, 0.25) is 0 Å². The lowest BCUT2D eigenvalue weighted by Crippen LogP contribution is -2.38. The number of rotatable bonds is 12. The second-order valence-corrected chi connectivity index (χ2v) is 5.97. The average molecular weight is 285 g/mol. The van der Waals surface area contributed by atoms with Crippen molar-refractivity contribution in [3.8, 4) is 0 Å². The first-order valence-electron chi connectivity index (χ1n) is 8.44. The highest BCUT2D eigenvalue weighted by Gasteiger charge is 2.15. The standard InChI is InChI=1S/C17H35NO2/c1-6-16(7-2)18(14-15(4)5)13-11-9-10-12-17(19)20-8-3/h15-16H,6-14H2,1-5H3. The van der Waals surface area contributed by atoms with Gasteiger partial charge in [-0.2, -0.15) is 0 Å². The number of carbonyl (C=O) groups is 1.